The summed E-state index contributed by atoms with van der Waals surface area (Å²) < 4.78 is 105. The molecule has 12 nitrogen and oxygen atoms in total. The van der Waals surface area contributed by atoms with Crippen LogP contribution in [0.25, 0.3) is 0 Å². The van der Waals surface area contributed by atoms with Crippen molar-refractivity contribution in [2.24, 2.45) is 0 Å². The summed E-state index contributed by atoms with van der Waals surface area (Å²) in [7, 11) is -12.6. The first kappa shape index (κ1) is 30.5. The van der Waals surface area contributed by atoms with Gasteiger partial charge in [0.05, 0.1) is 37.1 Å². The van der Waals surface area contributed by atoms with E-state index < -0.39 is 54.3 Å². The molecule has 0 aliphatic rings. The van der Waals surface area contributed by atoms with Gasteiger partial charge in [-0.1, -0.05) is 0 Å². The van der Waals surface area contributed by atoms with Gasteiger partial charge < -0.3 is 13.6 Å². The van der Waals surface area contributed by atoms with Crippen LogP contribution in [0.5, 0.6) is 0 Å². The van der Waals surface area contributed by atoms with E-state index in [9.17, 15) is 25.3 Å². The van der Waals surface area contributed by atoms with Crippen LogP contribution in [0, 0.1) is 0 Å². The summed E-state index contributed by atoms with van der Waals surface area (Å²) in [6.45, 7) is -4.23. The van der Waals surface area contributed by atoms with Crippen LogP contribution < -0.4 is 0 Å². The fourth-order valence-electron chi connectivity index (χ4n) is 1.36. The van der Waals surface area contributed by atoms with Gasteiger partial charge in [0.25, 0.3) is 30.4 Å². The molecule has 0 unspecified atom stereocenters. The quantitative estimate of drug-likeness (QED) is 0.111. The van der Waals surface area contributed by atoms with E-state index in [0.717, 1.165) is 0 Å². The molecule has 0 atom stereocenters. The Hall–Kier alpha value is 1.26. The summed E-state index contributed by atoms with van der Waals surface area (Å²) in [6, 6.07) is 0. The molecule has 0 spiro atoms. The zero-order valence-electron chi connectivity index (χ0n) is 13.5. The molecule has 18 heteroatoms. The Morgan fingerprint density at radius 3 is 1.04 bits per heavy atom. The Morgan fingerprint density at radius 1 is 0.630 bits per heavy atom. The van der Waals surface area contributed by atoms with Crippen molar-refractivity contribution < 1.29 is 52.5 Å². The van der Waals surface area contributed by atoms with E-state index >= 15 is 0 Å². The molecule has 0 saturated carbocycles. The fraction of sp³-hybridized carbons (Fsp3) is 1.00. The summed E-state index contributed by atoms with van der Waals surface area (Å²) in [4.78, 5) is 0. The predicted molar refractivity (Wildman–Crippen MR) is 102 cm³/mol. The van der Waals surface area contributed by atoms with Crippen LogP contribution in [0.3, 0.4) is 0 Å². The average Bonchev–Trinajstić information content (AvgIpc) is 2.42. The van der Waals surface area contributed by atoms with E-state index in [4.69, 9.17) is 39.0 Å². The zero-order chi connectivity index (χ0) is 20.5. The molecule has 0 fully saturated rings. The molecule has 27 heavy (non-hydrogen) atoms. The van der Waals surface area contributed by atoms with E-state index in [2.05, 4.69) is 0 Å². The first-order valence-corrected chi connectivity index (χ1v) is 14.4. The SMILES string of the molecule is O=S(=O)(O)CCCOP(=S)(OCCCS(=O)(=O)O)OCCCS(=O)(=O)O.[NaH]. The zero-order valence-corrected chi connectivity index (χ0v) is 17.6. The molecule has 0 aliphatic carbocycles. The Bertz CT molecular complexity index is 673. The molecule has 0 saturated heterocycles. The summed E-state index contributed by atoms with van der Waals surface area (Å²) in [5, 5.41) is 0. The fourth-order valence-corrected chi connectivity index (χ4v) is 4.77. The molecule has 3 N–H and O–H groups in total. The van der Waals surface area contributed by atoms with E-state index in [1.807, 2.05) is 0 Å². The van der Waals surface area contributed by atoms with Crippen LogP contribution >= 0.6 is 6.72 Å². The molecular weight excluding hydrogens is 482 g/mol. The molecule has 0 bridgehead atoms. The Balaban J connectivity index is 0. The molecule has 0 aromatic carbocycles. The van der Waals surface area contributed by atoms with Crippen molar-refractivity contribution in [2.75, 3.05) is 37.1 Å². The van der Waals surface area contributed by atoms with Crippen LogP contribution in [0.1, 0.15) is 19.3 Å². The van der Waals surface area contributed by atoms with Crippen LogP contribution in [0.4, 0.5) is 0 Å². The predicted octanol–water partition coefficient (Wildman–Crippen LogP) is -0.554. The van der Waals surface area contributed by atoms with Crippen molar-refractivity contribution in [3.63, 3.8) is 0 Å². The van der Waals surface area contributed by atoms with Gasteiger partial charge >= 0.3 is 36.3 Å². The third kappa shape index (κ3) is 21.8. The standard InChI is InChI=1S/C9H21O12PS4.Na.H/c10-24(11,12)7-1-4-19-22(23,20-5-2-8-25(13,14)15)21-6-3-9-26(16,17)18;;/h1-9H2,(H,10,11,12)(H,13,14,15)(H,16,17,18);;. The van der Waals surface area contributed by atoms with Gasteiger partial charge in [0, 0.05) is 0 Å². The molecule has 0 radical (unpaired) electrons. The Kier molecular flexibility index (Phi) is 15.3. The van der Waals surface area contributed by atoms with Crippen molar-refractivity contribution in [1.82, 2.24) is 0 Å². The first-order valence-electron chi connectivity index (χ1n) is 7.01. The van der Waals surface area contributed by atoms with Crippen LogP contribution in [0.2, 0.25) is 0 Å². The van der Waals surface area contributed by atoms with Gasteiger partial charge in [-0.05, 0) is 31.1 Å². The van der Waals surface area contributed by atoms with Crippen LogP contribution in [-0.2, 0) is 55.7 Å². The van der Waals surface area contributed by atoms with Crippen LogP contribution in [-0.4, -0.2) is 106 Å². The van der Waals surface area contributed by atoms with Gasteiger partial charge in [0.1, 0.15) is 0 Å². The second-order valence-corrected chi connectivity index (χ2v) is 12.6. The Morgan fingerprint density at radius 2 is 0.852 bits per heavy atom. The summed E-state index contributed by atoms with van der Waals surface area (Å²) >= 11 is 5.03. The second-order valence-electron chi connectivity index (χ2n) is 4.87. The van der Waals surface area contributed by atoms with Gasteiger partial charge in [-0.3, -0.25) is 13.7 Å². The number of hydrogen-bond donors (Lipinski definition) is 3. The maximum atomic E-state index is 10.6. The van der Waals surface area contributed by atoms with Gasteiger partial charge in [0.15, 0.2) is 0 Å². The van der Waals surface area contributed by atoms with Crippen LogP contribution in [0.15, 0.2) is 0 Å². The van der Waals surface area contributed by atoms with Crippen molar-refractivity contribution in [1.29, 1.82) is 0 Å². The van der Waals surface area contributed by atoms with Gasteiger partial charge in [-0.2, -0.15) is 25.3 Å². The van der Waals surface area contributed by atoms with Gasteiger partial charge in [-0.15, -0.1) is 0 Å². The minimum atomic E-state index is -4.19. The van der Waals surface area contributed by atoms with E-state index in [0.29, 0.717) is 0 Å². The summed E-state index contributed by atoms with van der Waals surface area (Å²) in [5.74, 6) is -1.77. The second kappa shape index (κ2) is 13.5. The first-order chi connectivity index (χ1) is 11.6. The van der Waals surface area contributed by atoms with Crippen molar-refractivity contribution in [3.05, 3.63) is 0 Å². The molecular formula is C9H22NaO12PS4. The summed E-state index contributed by atoms with van der Waals surface area (Å²) in [5.41, 5.74) is 0. The third-order valence-electron chi connectivity index (χ3n) is 2.39. The molecule has 160 valence electrons. The molecule has 0 amide bonds. The monoisotopic (exact) mass is 504 g/mol. The number of hydrogen-bond acceptors (Lipinski definition) is 10. The van der Waals surface area contributed by atoms with Gasteiger partial charge in [-0.25, -0.2) is 0 Å². The van der Waals surface area contributed by atoms with E-state index in [1.54, 1.807) is 0 Å². The van der Waals surface area contributed by atoms with Crippen molar-refractivity contribution in [2.45, 2.75) is 19.3 Å². The molecule has 0 aliphatic heterocycles. The summed E-state index contributed by atoms with van der Waals surface area (Å²) in [6.07, 6.45) is -0.375. The topological polar surface area (TPSA) is 191 Å². The van der Waals surface area contributed by atoms with Crippen molar-refractivity contribution >= 4 is 78.4 Å². The maximum absolute atomic E-state index is 10.6. The van der Waals surface area contributed by atoms with E-state index in [1.165, 1.54) is 0 Å². The molecule has 0 rings (SSSR count). The average molecular weight is 504 g/mol. The molecule has 0 aromatic heterocycles. The molecule has 0 aromatic rings. The Labute approximate surface area is 186 Å². The van der Waals surface area contributed by atoms with Gasteiger partial charge in [0.2, 0.25) is 0 Å². The van der Waals surface area contributed by atoms with E-state index in [-0.39, 0.29) is 68.6 Å². The third-order valence-corrected chi connectivity index (χ3v) is 7.25. The minimum absolute atomic E-state index is 0. The molecule has 0 heterocycles. The normalized spacial score (nSPS) is 13.3. The number of rotatable bonds is 15. The van der Waals surface area contributed by atoms with Crippen molar-refractivity contribution in [3.8, 4) is 0 Å².